The van der Waals surface area contributed by atoms with Gasteiger partial charge in [-0.3, -0.25) is 9.88 Å². The predicted octanol–water partition coefficient (Wildman–Crippen LogP) is 2.49. The van der Waals surface area contributed by atoms with Crippen molar-refractivity contribution >= 4 is 22.9 Å². The topological polar surface area (TPSA) is 95.9 Å². The van der Waals surface area contributed by atoms with Crippen LogP contribution in [-0.4, -0.2) is 35.8 Å². The second kappa shape index (κ2) is 6.08. The maximum atomic E-state index is 6.03. The number of anilines is 1. The smallest absolute Gasteiger partial charge is 0.212 e. The molecule has 5 rings (SSSR count). The van der Waals surface area contributed by atoms with Crippen LogP contribution in [0, 0.1) is 0 Å². The number of methoxy groups -OCH3 is 1. The average Bonchev–Trinajstić information content (AvgIpc) is 2.87. The molecule has 3 heterocycles. The van der Waals surface area contributed by atoms with E-state index in [4.69, 9.17) is 19.9 Å². The quantitative estimate of drug-likeness (QED) is 0.724. The Morgan fingerprint density at radius 1 is 1.19 bits per heavy atom. The van der Waals surface area contributed by atoms with Crippen LogP contribution in [0.5, 0.6) is 17.2 Å². The van der Waals surface area contributed by atoms with Crippen molar-refractivity contribution in [2.24, 2.45) is 10.7 Å². The van der Waals surface area contributed by atoms with E-state index in [1.54, 1.807) is 7.11 Å². The minimum Gasteiger partial charge on any atom is -0.496 e. The summed E-state index contributed by atoms with van der Waals surface area (Å²) in [4.78, 5) is 9.30. The van der Waals surface area contributed by atoms with Gasteiger partial charge >= 0.3 is 0 Å². The third-order valence-corrected chi connectivity index (χ3v) is 4.72. The van der Waals surface area contributed by atoms with E-state index in [2.05, 4.69) is 15.3 Å². The SMILES string of the molecule is COc1ccccc1[C@H]1N=C(N)Nc2nc3cc4c(cc3n21)OCCCO4. The highest BCUT2D eigenvalue weighted by molar-refractivity contribution is 5.95. The van der Waals surface area contributed by atoms with E-state index in [-0.39, 0.29) is 0 Å². The Balaban J connectivity index is 1.73. The molecule has 0 radical (unpaired) electrons. The molecule has 138 valence electrons. The van der Waals surface area contributed by atoms with Crippen LogP contribution < -0.4 is 25.3 Å². The molecule has 1 aromatic heterocycles. The summed E-state index contributed by atoms with van der Waals surface area (Å²) in [6, 6.07) is 11.6. The van der Waals surface area contributed by atoms with Crippen molar-refractivity contribution in [3.8, 4) is 17.2 Å². The maximum absolute atomic E-state index is 6.03. The van der Waals surface area contributed by atoms with Crippen molar-refractivity contribution in [2.75, 3.05) is 25.6 Å². The fourth-order valence-electron chi connectivity index (χ4n) is 3.51. The molecule has 27 heavy (non-hydrogen) atoms. The zero-order chi connectivity index (χ0) is 18.4. The summed E-state index contributed by atoms with van der Waals surface area (Å²) in [5.41, 5.74) is 8.60. The number of ether oxygens (including phenoxy) is 3. The number of nitrogens with zero attached hydrogens (tertiary/aromatic N) is 3. The number of aliphatic imine (C=N–C) groups is 1. The van der Waals surface area contributed by atoms with Gasteiger partial charge in [0.1, 0.15) is 5.75 Å². The zero-order valence-electron chi connectivity index (χ0n) is 14.8. The molecule has 3 N–H and O–H groups in total. The molecule has 2 aliphatic rings. The molecule has 1 atom stereocenters. The lowest BCUT2D eigenvalue weighted by molar-refractivity contribution is 0.297. The van der Waals surface area contributed by atoms with E-state index >= 15 is 0 Å². The second-order valence-electron chi connectivity index (χ2n) is 6.40. The molecule has 0 amide bonds. The van der Waals surface area contributed by atoms with Gasteiger partial charge < -0.3 is 19.9 Å². The molecule has 3 aromatic rings. The molecule has 0 fully saturated rings. The van der Waals surface area contributed by atoms with Gasteiger partial charge in [0.25, 0.3) is 0 Å². The van der Waals surface area contributed by atoms with Gasteiger partial charge in [0.2, 0.25) is 5.95 Å². The minimum atomic E-state index is -0.396. The van der Waals surface area contributed by atoms with Gasteiger partial charge in [-0.25, -0.2) is 9.98 Å². The molecular formula is C19H19N5O3. The van der Waals surface area contributed by atoms with Crippen LogP contribution in [-0.2, 0) is 0 Å². The average molecular weight is 365 g/mol. The lowest BCUT2D eigenvalue weighted by atomic mass is 10.1. The molecule has 0 aliphatic carbocycles. The van der Waals surface area contributed by atoms with Gasteiger partial charge in [-0.05, 0) is 6.07 Å². The molecule has 0 saturated heterocycles. The van der Waals surface area contributed by atoms with Crippen molar-refractivity contribution in [3.05, 3.63) is 42.0 Å². The standard InChI is InChI=1S/C19H19N5O3/c1-25-14-6-3-2-5-11(14)17-22-18(20)23-19-21-12-9-15-16(10-13(12)24(17)19)27-8-4-7-26-15/h2-3,5-6,9-10,17H,4,7-8H2,1H3,(H3,20,21,22,23)/t17-/m0/s1. The van der Waals surface area contributed by atoms with Crippen molar-refractivity contribution in [2.45, 2.75) is 12.6 Å². The molecule has 0 spiro atoms. The first-order valence-electron chi connectivity index (χ1n) is 8.79. The van der Waals surface area contributed by atoms with Crippen molar-refractivity contribution < 1.29 is 14.2 Å². The van der Waals surface area contributed by atoms with Crippen LogP contribution in [0.25, 0.3) is 11.0 Å². The van der Waals surface area contributed by atoms with Gasteiger partial charge in [-0.15, -0.1) is 0 Å². The molecule has 2 aliphatic heterocycles. The van der Waals surface area contributed by atoms with Gasteiger partial charge in [-0.1, -0.05) is 18.2 Å². The van der Waals surface area contributed by atoms with Gasteiger partial charge in [0.15, 0.2) is 23.6 Å². The number of fused-ring (bicyclic) bond motifs is 4. The Hall–Kier alpha value is -3.42. The van der Waals surface area contributed by atoms with Gasteiger partial charge in [0, 0.05) is 24.1 Å². The van der Waals surface area contributed by atoms with Crippen LogP contribution in [0.15, 0.2) is 41.4 Å². The highest BCUT2D eigenvalue weighted by atomic mass is 16.5. The number of guanidine groups is 1. The Bertz CT molecular complexity index is 1060. The zero-order valence-corrected chi connectivity index (χ0v) is 14.8. The number of aromatic nitrogens is 2. The Morgan fingerprint density at radius 3 is 2.78 bits per heavy atom. The lowest BCUT2D eigenvalue weighted by Crippen LogP contribution is -2.31. The van der Waals surface area contributed by atoms with E-state index in [9.17, 15) is 0 Å². The summed E-state index contributed by atoms with van der Waals surface area (Å²) in [5.74, 6) is 3.08. The number of hydrogen-bond acceptors (Lipinski definition) is 7. The third-order valence-electron chi connectivity index (χ3n) is 4.72. The summed E-state index contributed by atoms with van der Waals surface area (Å²) >= 11 is 0. The number of rotatable bonds is 2. The van der Waals surface area contributed by atoms with E-state index in [0.29, 0.717) is 36.6 Å². The van der Waals surface area contributed by atoms with Crippen LogP contribution in [0.2, 0.25) is 0 Å². The lowest BCUT2D eigenvalue weighted by Gasteiger charge is -2.25. The summed E-state index contributed by atoms with van der Waals surface area (Å²) in [5, 5.41) is 3.05. The fourth-order valence-corrected chi connectivity index (χ4v) is 3.51. The van der Waals surface area contributed by atoms with Crippen molar-refractivity contribution in [1.29, 1.82) is 0 Å². The minimum absolute atomic E-state index is 0.308. The molecule has 2 aromatic carbocycles. The van der Waals surface area contributed by atoms with E-state index in [0.717, 1.165) is 28.8 Å². The number of nitrogens with two attached hydrogens (primary N) is 1. The first kappa shape index (κ1) is 15.8. The van der Waals surface area contributed by atoms with Crippen LogP contribution >= 0.6 is 0 Å². The van der Waals surface area contributed by atoms with Crippen molar-refractivity contribution in [3.63, 3.8) is 0 Å². The summed E-state index contributed by atoms with van der Waals surface area (Å²) in [7, 11) is 1.64. The Labute approximate surface area is 155 Å². The summed E-state index contributed by atoms with van der Waals surface area (Å²) in [6.07, 6.45) is 0.455. The number of imidazole rings is 1. The first-order chi connectivity index (χ1) is 13.2. The molecule has 0 saturated carbocycles. The van der Waals surface area contributed by atoms with Crippen LogP contribution in [0.1, 0.15) is 18.2 Å². The first-order valence-corrected chi connectivity index (χ1v) is 8.79. The maximum Gasteiger partial charge on any atom is 0.212 e. The number of hydrogen-bond donors (Lipinski definition) is 2. The predicted molar refractivity (Wildman–Crippen MR) is 102 cm³/mol. The second-order valence-corrected chi connectivity index (χ2v) is 6.40. The van der Waals surface area contributed by atoms with Gasteiger partial charge in [-0.2, -0.15) is 0 Å². The fraction of sp³-hybridized carbons (Fsp3) is 0.263. The van der Waals surface area contributed by atoms with Crippen molar-refractivity contribution in [1.82, 2.24) is 9.55 Å². The summed E-state index contributed by atoms with van der Waals surface area (Å²) in [6.45, 7) is 1.25. The molecule has 0 unspecified atom stereocenters. The van der Waals surface area contributed by atoms with E-state index < -0.39 is 6.17 Å². The Morgan fingerprint density at radius 2 is 1.96 bits per heavy atom. The van der Waals surface area contributed by atoms with E-state index in [1.807, 2.05) is 41.0 Å². The normalized spacial score (nSPS) is 18.3. The number of nitrogens with one attached hydrogen (secondary N) is 1. The van der Waals surface area contributed by atoms with Crippen LogP contribution in [0.4, 0.5) is 5.95 Å². The largest absolute Gasteiger partial charge is 0.496 e. The van der Waals surface area contributed by atoms with Crippen LogP contribution in [0.3, 0.4) is 0 Å². The third kappa shape index (κ3) is 2.52. The Kier molecular flexibility index (Phi) is 3.56. The van der Waals surface area contributed by atoms with Gasteiger partial charge in [0.05, 0.1) is 31.4 Å². The number of para-hydroxylation sites is 1. The summed E-state index contributed by atoms with van der Waals surface area (Å²) < 4.78 is 19.2. The van der Waals surface area contributed by atoms with E-state index in [1.165, 1.54) is 0 Å². The molecule has 8 heteroatoms. The highest BCUT2D eigenvalue weighted by Crippen LogP contribution is 2.40. The molecular weight excluding hydrogens is 346 g/mol. The molecule has 8 nitrogen and oxygen atoms in total. The highest BCUT2D eigenvalue weighted by Gasteiger charge is 2.28. The number of benzene rings is 2. The molecule has 0 bridgehead atoms. The monoisotopic (exact) mass is 365 g/mol.